The highest BCUT2D eigenvalue weighted by molar-refractivity contribution is 5.78. The number of carbonyl (C=O) groups is 1. The molecule has 1 nitrogen and oxygen atoms in total. The SMILES string of the molecule is CC(C)CCCC(C)CCC(=O)CCC(C)CCCC(C)C. The van der Waals surface area contributed by atoms with Gasteiger partial charge in [-0.2, -0.15) is 0 Å². The van der Waals surface area contributed by atoms with E-state index in [2.05, 4.69) is 41.5 Å². The Bertz CT molecular complexity index is 241. The minimum absolute atomic E-state index is 0.492. The lowest BCUT2D eigenvalue weighted by Gasteiger charge is -2.13. The molecular formula is C21H42O. The number of hydrogen-bond donors (Lipinski definition) is 0. The van der Waals surface area contributed by atoms with Gasteiger partial charge in [0.2, 0.25) is 0 Å². The molecule has 0 aliphatic rings. The van der Waals surface area contributed by atoms with Gasteiger partial charge in [-0.3, -0.25) is 4.79 Å². The molecule has 0 radical (unpaired) electrons. The quantitative estimate of drug-likeness (QED) is 0.336. The maximum absolute atomic E-state index is 12.0. The normalized spacial score (nSPS) is 14.5. The second kappa shape index (κ2) is 13.1. The van der Waals surface area contributed by atoms with Gasteiger partial charge in [0.25, 0.3) is 0 Å². The van der Waals surface area contributed by atoms with Crippen molar-refractivity contribution in [1.29, 1.82) is 0 Å². The highest BCUT2D eigenvalue weighted by Gasteiger charge is 2.10. The molecule has 0 heterocycles. The van der Waals surface area contributed by atoms with Crippen LogP contribution in [0.2, 0.25) is 0 Å². The van der Waals surface area contributed by atoms with Crippen LogP contribution in [0.4, 0.5) is 0 Å². The Kier molecular flexibility index (Phi) is 12.9. The zero-order valence-corrected chi connectivity index (χ0v) is 16.3. The Hall–Kier alpha value is -0.330. The summed E-state index contributed by atoms with van der Waals surface area (Å²) < 4.78 is 0. The molecule has 2 atom stereocenters. The van der Waals surface area contributed by atoms with Crippen molar-refractivity contribution in [1.82, 2.24) is 0 Å². The fourth-order valence-corrected chi connectivity index (χ4v) is 2.98. The van der Waals surface area contributed by atoms with Crippen LogP contribution < -0.4 is 0 Å². The Morgan fingerprint density at radius 1 is 0.591 bits per heavy atom. The molecular weight excluding hydrogens is 268 g/mol. The van der Waals surface area contributed by atoms with Crippen molar-refractivity contribution in [3.8, 4) is 0 Å². The molecule has 0 fully saturated rings. The first-order valence-corrected chi connectivity index (χ1v) is 9.82. The molecule has 0 rings (SSSR count). The minimum atomic E-state index is 0.492. The summed E-state index contributed by atoms with van der Waals surface area (Å²) in [5, 5.41) is 0. The molecule has 0 aliphatic heterocycles. The van der Waals surface area contributed by atoms with Crippen LogP contribution >= 0.6 is 0 Å². The van der Waals surface area contributed by atoms with Crippen LogP contribution in [0.15, 0.2) is 0 Å². The summed E-state index contributed by atoms with van der Waals surface area (Å²) in [6.07, 6.45) is 11.7. The maximum Gasteiger partial charge on any atom is 0.132 e. The van der Waals surface area contributed by atoms with Gasteiger partial charge < -0.3 is 0 Å². The van der Waals surface area contributed by atoms with Crippen molar-refractivity contribution < 1.29 is 4.79 Å². The van der Waals surface area contributed by atoms with E-state index < -0.39 is 0 Å². The van der Waals surface area contributed by atoms with E-state index in [0.29, 0.717) is 17.6 Å². The maximum atomic E-state index is 12.0. The summed E-state index contributed by atoms with van der Waals surface area (Å²) in [4.78, 5) is 12.0. The van der Waals surface area contributed by atoms with Gasteiger partial charge in [0.15, 0.2) is 0 Å². The van der Waals surface area contributed by atoms with E-state index in [-0.39, 0.29) is 0 Å². The van der Waals surface area contributed by atoms with E-state index in [1.807, 2.05) is 0 Å². The van der Waals surface area contributed by atoms with Gasteiger partial charge in [-0.25, -0.2) is 0 Å². The van der Waals surface area contributed by atoms with Gasteiger partial charge >= 0.3 is 0 Å². The second-order valence-corrected chi connectivity index (χ2v) is 8.48. The molecule has 2 unspecified atom stereocenters. The van der Waals surface area contributed by atoms with Gasteiger partial charge in [0, 0.05) is 12.8 Å². The van der Waals surface area contributed by atoms with Crippen molar-refractivity contribution in [3.05, 3.63) is 0 Å². The Balaban J connectivity index is 3.59. The van der Waals surface area contributed by atoms with Crippen molar-refractivity contribution >= 4 is 5.78 Å². The van der Waals surface area contributed by atoms with Crippen LogP contribution in [-0.2, 0) is 4.79 Å². The average Bonchev–Trinajstić information content (AvgIpc) is 2.42. The third-order valence-electron chi connectivity index (χ3n) is 4.79. The number of rotatable bonds is 14. The predicted molar refractivity (Wildman–Crippen MR) is 99.2 cm³/mol. The number of carbonyl (C=O) groups excluding carboxylic acids is 1. The first-order chi connectivity index (χ1) is 10.3. The molecule has 0 saturated heterocycles. The second-order valence-electron chi connectivity index (χ2n) is 8.48. The summed E-state index contributed by atoms with van der Waals surface area (Å²) in [6, 6.07) is 0. The third-order valence-corrected chi connectivity index (χ3v) is 4.79. The average molecular weight is 311 g/mol. The molecule has 0 aliphatic carbocycles. The molecule has 0 aromatic rings. The predicted octanol–water partition coefficient (Wildman–Crippen LogP) is 7.04. The Morgan fingerprint density at radius 2 is 0.955 bits per heavy atom. The molecule has 0 bridgehead atoms. The van der Waals surface area contributed by atoms with Crippen LogP contribution in [0.25, 0.3) is 0 Å². The zero-order chi connectivity index (χ0) is 17.0. The van der Waals surface area contributed by atoms with Gasteiger partial charge in [-0.1, -0.05) is 80.1 Å². The van der Waals surface area contributed by atoms with Crippen LogP contribution in [0.3, 0.4) is 0 Å². The standard InChI is InChI=1S/C21H42O/c1-17(2)9-7-11-19(5)13-15-21(22)16-14-20(6)12-8-10-18(3)4/h17-20H,7-16H2,1-6H3. The topological polar surface area (TPSA) is 17.1 Å². The van der Waals surface area contributed by atoms with Gasteiger partial charge in [-0.15, -0.1) is 0 Å². The fourth-order valence-electron chi connectivity index (χ4n) is 2.98. The van der Waals surface area contributed by atoms with Crippen LogP contribution in [-0.4, -0.2) is 5.78 Å². The van der Waals surface area contributed by atoms with Crippen LogP contribution in [0.5, 0.6) is 0 Å². The van der Waals surface area contributed by atoms with E-state index in [1.165, 1.54) is 38.5 Å². The Labute approximate surface area is 140 Å². The third kappa shape index (κ3) is 14.6. The fraction of sp³-hybridized carbons (Fsp3) is 0.952. The van der Waals surface area contributed by atoms with Crippen LogP contribution in [0.1, 0.15) is 106 Å². The number of hydrogen-bond acceptors (Lipinski definition) is 1. The lowest BCUT2D eigenvalue weighted by molar-refractivity contribution is -0.119. The lowest BCUT2D eigenvalue weighted by atomic mass is 9.92. The van der Waals surface area contributed by atoms with Gasteiger partial charge in [0.05, 0.1) is 0 Å². The number of Topliss-reactive ketones (excluding diaryl/α,β-unsaturated/α-hetero) is 1. The van der Waals surface area contributed by atoms with Crippen LogP contribution in [0, 0.1) is 23.7 Å². The molecule has 0 aromatic heterocycles. The van der Waals surface area contributed by atoms with Gasteiger partial charge in [0.1, 0.15) is 5.78 Å². The highest BCUT2D eigenvalue weighted by atomic mass is 16.1. The lowest BCUT2D eigenvalue weighted by Crippen LogP contribution is -2.06. The summed E-state index contributed by atoms with van der Waals surface area (Å²) in [5.41, 5.74) is 0. The molecule has 0 saturated carbocycles. The van der Waals surface area contributed by atoms with Crippen molar-refractivity contribution in [3.63, 3.8) is 0 Å². The first kappa shape index (κ1) is 21.7. The number of ketones is 1. The Morgan fingerprint density at radius 3 is 1.27 bits per heavy atom. The molecule has 0 spiro atoms. The summed E-state index contributed by atoms with van der Waals surface area (Å²) in [7, 11) is 0. The minimum Gasteiger partial charge on any atom is -0.300 e. The van der Waals surface area contributed by atoms with Gasteiger partial charge in [-0.05, 0) is 36.5 Å². The first-order valence-electron chi connectivity index (χ1n) is 9.82. The molecule has 0 N–H and O–H groups in total. The largest absolute Gasteiger partial charge is 0.300 e. The molecule has 1 heteroatoms. The molecule has 0 amide bonds. The van der Waals surface area contributed by atoms with Crippen molar-refractivity contribution in [2.75, 3.05) is 0 Å². The van der Waals surface area contributed by atoms with E-state index in [0.717, 1.165) is 37.5 Å². The molecule has 22 heavy (non-hydrogen) atoms. The van der Waals surface area contributed by atoms with E-state index in [4.69, 9.17) is 0 Å². The van der Waals surface area contributed by atoms with E-state index in [9.17, 15) is 4.79 Å². The smallest absolute Gasteiger partial charge is 0.132 e. The summed E-state index contributed by atoms with van der Waals surface area (Å²) in [6.45, 7) is 13.8. The van der Waals surface area contributed by atoms with E-state index in [1.54, 1.807) is 0 Å². The summed E-state index contributed by atoms with van der Waals surface area (Å²) >= 11 is 0. The van der Waals surface area contributed by atoms with E-state index >= 15 is 0 Å². The zero-order valence-electron chi connectivity index (χ0n) is 16.3. The molecule has 132 valence electrons. The van der Waals surface area contributed by atoms with Crippen molar-refractivity contribution in [2.24, 2.45) is 23.7 Å². The summed E-state index contributed by atoms with van der Waals surface area (Å²) in [5.74, 6) is 3.54. The van der Waals surface area contributed by atoms with Crippen molar-refractivity contribution in [2.45, 2.75) is 106 Å². The molecule has 0 aromatic carbocycles. The monoisotopic (exact) mass is 310 g/mol. The highest BCUT2D eigenvalue weighted by Crippen LogP contribution is 2.20.